The van der Waals surface area contributed by atoms with Crippen molar-refractivity contribution in [1.29, 1.82) is 0 Å². The lowest BCUT2D eigenvalue weighted by Crippen LogP contribution is -2.21. The van der Waals surface area contributed by atoms with Crippen molar-refractivity contribution in [2.24, 2.45) is 11.8 Å². The van der Waals surface area contributed by atoms with Gasteiger partial charge in [0.1, 0.15) is 12.4 Å². The van der Waals surface area contributed by atoms with Gasteiger partial charge < -0.3 is 9.84 Å². The summed E-state index contributed by atoms with van der Waals surface area (Å²) in [5.41, 5.74) is 1.49. The first-order valence-corrected chi connectivity index (χ1v) is 6.74. The molecule has 19 heavy (non-hydrogen) atoms. The van der Waals surface area contributed by atoms with Crippen LogP contribution in [0.1, 0.15) is 33.1 Å². The Hall–Kier alpha value is -1.42. The SMILES string of the molecule is CC1=CC2OC(=O)C(C)C2CCC(C=O)=CCC1O. The highest BCUT2D eigenvalue weighted by atomic mass is 16.6. The number of hydrogen-bond acceptors (Lipinski definition) is 4. The number of rotatable bonds is 1. The average molecular weight is 264 g/mol. The summed E-state index contributed by atoms with van der Waals surface area (Å²) in [4.78, 5) is 22.7. The van der Waals surface area contributed by atoms with Gasteiger partial charge in [0.2, 0.25) is 0 Å². The van der Waals surface area contributed by atoms with Crippen LogP contribution in [0.15, 0.2) is 23.3 Å². The molecule has 1 aliphatic carbocycles. The second kappa shape index (κ2) is 5.70. The number of aliphatic hydroxyl groups is 1. The van der Waals surface area contributed by atoms with E-state index >= 15 is 0 Å². The van der Waals surface area contributed by atoms with Crippen LogP contribution < -0.4 is 0 Å². The van der Waals surface area contributed by atoms with Gasteiger partial charge >= 0.3 is 5.97 Å². The molecule has 0 spiro atoms. The zero-order valence-corrected chi connectivity index (χ0v) is 11.3. The number of fused-ring (bicyclic) bond motifs is 1. The number of allylic oxidation sites excluding steroid dienone is 1. The molecule has 2 aliphatic rings. The van der Waals surface area contributed by atoms with E-state index in [9.17, 15) is 14.7 Å². The zero-order valence-electron chi connectivity index (χ0n) is 11.3. The van der Waals surface area contributed by atoms with E-state index in [2.05, 4.69) is 0 Å². The van der Waals surface area contributed by atoms with Gasteiger partial charge in [-0.25, -0.2) is 0 Å². The van der Waals surface area contributed by atoms with Crippen LogP contribution in [0.4, 0.5) is 0 Å². The maximum atomic E-state index is 11.7. The predicted molar refractivity (Wildman–Crippen MR) is 70.3 cm³/mol. The van der Waals surface area contributed by atoms with Gasteiger partial charge in [-0.3, -0.25) is 9.59 Å². The Morgan fingerprint density at radius 2 is 2.21 bits per heavy atom. The maximum absolute atomic E-state index is 11.7. The lowest BCUT2D eigenvalue weighted by Gasteiger charge is -2.20. The largest absolute Gasteiger partial charge is 0.458 e. The Morgan fingerprint density at radius 1 is 1.47 bits per heavy atom. The first kappa shape index (κ1) is 14.0. The topological polar surface area (TPSA) is 63.6 Å². The Labute approximate surface area is 113 Å². The van der Waals surface area contributed by atoms with Crippen LogP contribution in [0.25, 0.3) is 0 Å². The van der Waals surface area contributed by atoms with Crippen LogP contribution in [-0.4, -0.2) is 29.6 Å². The van der Waals surface area contributed by atoms with Crippen LogP contribution in [0, 0.1) is 11.8 Å². The van der Waals surface area contributed by atoms with Crippen molar-refractivity contribution < 1.29 is 19.4 Å². The average Bonchev–Trinajstić information content (AvgIpc) is 2.65. The van der Waals surface area contributed by atoms with Crippen LogP contribution >= 0.6 is 0 Å². The van der Waals surface area contributed by atoms with Gasteiger partial charge in [-0.05, 0) is 43.4 Å². The van der Waals surface area contributed by atoms with Crippen LogP contribution in [-0.2, 0) is 14.3 Å². The molecule has 1 N–H and O–H groups in total. The number of carbonyl (C=O) groups excluding carboxylic acids is 2. The molecule has 4 heteroatoms. The van der Waals surface area contributed by atoms with Gasteiger partial charge in [-0.1, -0.05) is 13.0 Å². The molecule has 0 aromatic heterocycles. The molecule has 1 saturated heterocycles. The molecule has 2 rings (SSSR count). The van der Waals surface area contributed by atoms with Gasteiger partial charge in [-0.15, -0.1) is 0 Å². The van der Waals surface area contributed by atoms with Crippen molar-refractivity contribution in [1.82, 2.24) is 0 Å². The fourth-order valence-corrected chi connectivity index (χ4v) is 2.72. The molecule has 4 atom stereocenters. The second-order valence-corrected chi connectivity index (χ2v) is 5.45. The van der Waals surface area contributed by atoms with Gasteiger partial charge in [0.25, 0.3) is 0 Å². The van der Waals surface area contributed by atoms with Gasteiger partial charge in [0.15, 0.2) is 0 Å². The van der Waals surface area contributed by atoms with Crippen molar-refractivity contribution in [3.63, 3.8) is 0 Å². The standard InChI is InChI=1S/C15H20O4/c1-9-7-14-12(10(2)15(18)19-14)5-3-11(8-16)4-6-13(9)17/h4,7-8,10,12-14,17H,3,5-6H2,1-2H3. The molecule has 0 bridgehead atoms. The molecular weight excluding hydrogens is 244 g/mol. The number of hydrogen-bond donors (Lipinski definition) is 1. The van der Waals surface area contributed by atoms with Crippen molar-refractivity contribution in [3.8, 4) is 0 Å². The van der Waals surface area contributed by atoms with Crippen molar-refractivity contribution >= 4 is 12.3 Å². The lowest BCUT2D eigenvalue weighted by molar-refractivity contribution is -0.142. The highest BCUT2D eigenvalue weighted by Gasteiger charge is 2.40. The Morgan fingerprint density at radius 3 is 2.89 bits per heavy atom. The molecule has 0 aromatic rings. The number of ether oxygens (including phenoxy) is 1. The van der Waals surface area contributed by atoms with Crippen molar-refractivity contribution in [3.05, 3.63) is 23.3 Å². The van der Waals surface area contributed by atoms with Crippen LogP contribution in [0.5, 0.6) is 0 Å². The fraction of sp³-hybridized carbons (Fsp3) is 0.600. The molecule has 4 unspecified atom stereocenters. The van der Waals surface area contributed by atoms with E-state index in [0.717, 1.165) is 18.3 Å². The lowest BCUT2D eigenvalue weighted by atomic mass is 9.84. The first-order valence-electron chi connectivity index (χ1n) is 6.74. The van der Waals surface area contributed by atoms with Gasteiger partial charge in [0.05, 0.1) is 12.0 Å². The molecule has 0 radical (unpaired) electrons. The second-order valence-electron chi connectivity index (χ2n) is 5.45. The van der Waals surface area contributed by atoms with E-state index in [4.69, 9.17) is 4.74 Å². The minimum atomic E-state index is -0.622. The minimum Gasteiger partial charge on any atom is -0.458 e. The Balaban J connectivity index is 2.29. The molecule has 0 aromatic carbocycles. The highest BCUT2D eigenvalue weighted by Crippen LogP contribution is 2.35. The number of aliphatic hydroxyl groups excluding tert-OH is 1. The summed E-state index contributed by atoms with van der Waals surface area (Å²) in [5.74, 6) is -0.265. The monoisotopic (exact) mass is 264 g/mol. The van der Waals surface area contributed by atoms with E-state index in [1.54, 1.807) is 6.08 Å². The normalized spacial score (nSPS) is 35.8. The number of carbonyl (C=O) groups is 2. The summed E-state index contributed by atoms with van der Waals surface area (Å²) in [6.07, 6.45) is 5.40. The van der Waals surface area contributed by atoms with Crippen molar-refractivity contribution in [2.75, 3.05) is 0 Å². The molecule has 104 valence electrons. The first-order chi connectivity index (χ1) is 9.02. The van der Waals surface area contributed by atoms with E-state index < -0.39 is 6.10 Å². The summed E-state index contributed by atoms with van der Waals surface area (Å²) < 4.78 is 5.36. The fourth-order valence-electron chi connectivity index (χ4n) is 2.72. The minimum absolute atomic E-state index is 0.0797. The Bertz CT molecular complexity index is 435. The quantitative estimate of drug-likeness (QED) is 0.445. The molecule has 1 aliphatic heterocycles. The summed E-state index contributed by atoms with van der Waals surface area (Å²) in [7, 11) is 0. The maximum Gasteiger partial charge on any atom is 0.309 e. The van der Waals surface area contributed by atoms with Gasteiger partial charge in [0, 0.05) is 5.92 Å². The van der Waals surface area contributed by atoms with E-state index in [-0.39, 0.29) is 23.9 Å². The highest BCUT2D eigenvalue weighted by molar-refractivity contribution is 5.75. The van der Waals surface area contributed by atoms with E-state index in [0.29, 0.717) is 18.4 Å². The number of aldehydes is 1. The summed E-state index contributed by atoms with van der Waals surface area (Å²) in [6.45, 7) is 3.69. The van der Waals surface area contributed by atoms with Gasteiger partial charge in [-0.2, -0.15) is 0 Å². The Kier molecular flexibility index (Phi) is 4.20. The van der Waals surface area contributed by atoms with E-state index in [1.807, 2.05) is 19.9 Å². The smallest absolute Gasteiger partial charge is 0.309 e. The van der Waals surface area contributed by atoms with Crippen molar-refractivity contribution in [2.45, 2.75) is 45.3 Å². The third-order valence-corrected chi connectivity index (χ3v) is 4.16. The number of esters is 1. The van der Waals surface area contributed by atoms with E-state index in [1.165, 1.54) is 0 Å². The molecule has 1 heterocycles. The summed E-state index contributed by atoms with van der Waals surface area (Å²) in [5, 5.41) is 10.00. The summed E-state index contributed by atoms with van der Waals surface area (Å²) in [6, 6.07) is 0. The molecular formula is C15H20O4. The third kappa shape index (κ3) is 2.95. The zero-order chi connectivity index (χ0) is 14.0. The molecule has 0 amide bonds. The molecule has 1 fully saturated rings. The molecule has 4 nitrogen and oxygen atoms in total. The summed E-state index contributed by atoms with van der Waals surface area (Å²) >= 11 is 0. The van der Waals surface area contributed by atoms with Crippen LogP contribution in [0.2, 0.25) is 0 Å². The predicted octanol–water partition coefficient (Wildman–Crippen LogP) is 1.78. The molecule has 0 saturated carbocycles. The third-order valence-electron chi connectivity index (χ3n) is 4.16. The van der Waals surface area contributed by atoms with Crippen LogP contribution in [0.3, 0.4) is 0 Å².